The zero-order chi connectivity index (χ0) is 19.5. The molecule has 0 bridgehead atoms. The number of allylic oxidation sites excluding steroid dienone is 1. The number of nitrogens with zero attached hydrogens (tertiary/aromatic N) is 2. The van der Waals surface area contributed by atoms with Crippen LogP contribution in [0.25, 0.3) is 5.57 Å². The summed E-state index contributed by atoms with van der Waals surface area (Å²) in [4.78, 5) is 16.3. The average molecular weight is 364 g/mol. The quantitative estimate of drug-likeness (QED) is 0.422. The number of rotatable bonds is 8. The third kappa shape index (κ3) is 5.61. The molecule has 2 rings (SSSR count). The zero-order valence-electron chi connectivity index (χ0n) is 15.1. The molecule has 0 fully saturated rings. The average Bonchev–Trinajstić information content (AvgIpc) is 2.71. The van der Waals surface area contributed by atoms with E-state index in [4.69, 9.17) is 9.47 Å². The zero-order valence-corrected chi connectivity index (χ0v) is 15.1. The van der Waals surface area contributed by atoms with Crippen molar-refractivity contribution in [2.24, 2.45) is 0 Å². The van der Waals surface area contributed by atoms with Gasteiger partial charge in [0.1, 0.15) is 17.5 Å². The Labute approximate surface area is 157 Å². The molecule has 0 saturated carbocycles. The van der Waals surface area contributed by atoms with Gasteiger partial charge in [0.2, 0.25) is 0 Å². The van der Waals surface area contributed by atoms with E-state index in [1.807, 2.05) is 18.2 Å². The maximum Gasteiger partial charge on any atom is 0.356 e. The Kier molecular flexibility index (Phi) is 7.42. The van der Waals surface area contributed by atoms with Gasteiger partial charge < -0.3 is 20.1 Å². The second kappa shape index (κ2) is 10.3. The van der Waals surface area contributed by atoms with Crippen LogP contribution in [-0.4, -0.2) is 24.7 Å². The first-order valence-electron chi connectivity index (χ1n) is 8.24. The highest BCUT2D eigenvalue weighted by Gasteiger charge is 2.11. The van der Waals surface area contributed by atoms with E-state index in [9.17, 15) is 10.1 Å². The smallest absolute Gasteiger partial charge is 0.356 e. The van der Waals surface area contributed by atoms with Crippen LogP contribution in [0, 0.1) is 11.3 Å². The van der Waals surface area contributed by atoms with Crippen molar-refractivity contribution >= 4 is 17.2 Å². The van der Waals surface area contributed by atoms with Crippen molar-refractivity contribution in [1.82, 2.24) is 10.3 Å². The minimum Gasteiger partial charge on any atom is -0.495 e. The van der Waals surface area contributed by atoms with Crippen LogP contribution in [-0.2, 0) is 9.53 Å². The minimum atomic E-state index is -0.561. The number of para-hydroxylation sites is 2. The Morgan fingerprint density at radius 3 is 2.67 bits per heavy atom. The summed E-state index contributed by atoms with van der Waals surface area (Å²) in [6, 6.07) is 14.6. The highest BCUT2D eigenvalue weighted by Crippen LogP contribution is 2.23. The Bertz CT molecular complexity index is 870. The van der Waals surface area contributed by atoms with Gasteiger partial charge in [-0.3, -0.25) is 4.98 Å². The maximum atomic E-state index is 12.2. The van der Waals surface area contributed by atoms with Crippen molar-refractivity contribution < 1.29 is 14.3 Å². The number of esters is 1. The van der Waals surface area contributed by atoms with Gasteiger partial charge in [0, 0.05) is 18.6 Å². The summed E-state index contributed by atoms with van der Waals surface area (Å²) in [7, 11) is 1.56. The van der Waals surface area contributed by atoms with Crippen LogP contribution in [0.15, 0.2) is 66.8 Å². The standard InChI is InChI=1S/C20H20N4O3/c1-3-27-20(25)18(14-24-17-9-4-5-10-19(17)26-2)23-13-15(12-21)16-8-6-7-11-22-16/h4-11,13-14,23-24H,3H2,1-2H3/b15-13-,18-14+. The van der Waals surface area contributed by atoms with Gasteiger partial charge in [-0.2, -0.15) is 5.26 Å². The van der Waals surface area contributed by atoms with E-state index in [1.165, 1.54) is 12.4 Å². The summed E-state index contributed by atoms with van der Waals surface area (Å²) in [5, 5.41) is 15.2. The number of hydrogen-bond acceptors (Lipinski definition) is 7. The highest BCUT2D eigenvalue weighted by atomic mass is 16.5. The van der Waals surface area contributed by atoms with Crippen LogP contribution in [0.2, 0.25) is 0 Å². The number of pyridine rings is 1. The van der Waals surface area contributed by atoms with E-state index in [2.05, 4.69) is 21.7 Å². The number of aromatic nitrogens is 1. The third-order valence-corrected chi connectivity index (χ3v) is 3.41. The first-order chi connectivity index (χ1) is 13.2. The monoisotopic (exact) mass is 364 g/mol. The van der Waals surface area contributed by atoms with Crippen LogP contribution >= 0.6 is 0 Å². The van der Waals surface area contributed by atoms with Gasteiger partial charge in [0.15, 0.2) is 0 Å². The van der Waals surface area contributed by atoms with E-state index >= 15 is 0 Å². The summed E-state index contributed by atoms with van der Waals surface area (Å²) in [5.74, 6) is 0.0631. The lowest BCUT2D eigenvalue weighted by Gasteiger charge is -2.11. The molecule has 7 heteroatoms. The molecule has 0 unspecified atom stereocenters. The normalized spacial score (nSPS) is 11.3. The fraction of sp³-hybridized carbons (Fsp3) is 0.150. The maximum absolute atomic E-state index is 12.2. The summed E-state index contributed by atoms with van der Waals surface area (Å²) in [6.07, 6.45) is 4.46. The van der Waals surface area contributed by atoms with Crippen LogP contribution in [0.5, 0.6) is 5.75 Å². The molecule has 1 aromatic carbocycles. The van der Waals surface area contributed by atoms with Crippen molar-refractivity contribution in [3.63, 3.8) is 0 Å². The predicted octanol–water partition coefficient (Wildman–Crippen LogP) is 3.06. The molecule has 0 saturated heterocycles. The molecule has 0 aliphatic heterocycles. The van der Waals surface area contributed by atoms with Crippen molar-refractivity contribution in [2.75, 3.05) is 19.0 Å². The van der Waals surface area contributed by atoms with Crippen molar-refractivity contribution in [3.8, 4) is 11.8 Å². The molecule has 0 aliphatic rings. The number of carbonyl (C=O) groups excluding carboxylic acids is 1. The summed E-state index contributed by atoms with van der Waals surface area (Å²) < 4.78 is 10.3. The van der Waals surface area contributed by atoms with Crippen LogP contribution in [0.1, 0.15) is 12.6 Å². The molecular formula is C20H20N4O3. The van der Waals surface area contributed by atoms with E-state index in [0.29, 0.717) is 17.1 Å². The van der Waals surface area contributed by atoms with E-state index in [-0.39, 0.29) is 17.9 Å². The van der Waals surface area contributed by atoms with Gasteiger partial charge in [-0.15, -0.1) is 0 Å². The largest absolute Gasteiger partial charge is 0.495 e. The van der Waals surface area contributed by atoms with Gasteiger partial charge in [-0.05, 0) is 31.2 Å². The van der Waals surface area contributed by atoms with Crippen molar-refractivity contribution in [3.05, 3.63) is 72.5 Å². The molecule has 27 heavy (non-hydrogen) atoms. The fourth-order valence-electron chi connectivity index (χ4n) is 2.12. The van der Waals surface area contributed by atoms with Gasteiger partial charge in [0.25, 0.3) is 0 Å². The van der Waals surface area contributed by atoms with Crippen molar-refractivity contribution in [1.29, 1.82) is 5.26 Å². The Morgan fingerprint density at radius 1 is 1.22 bits per heavy atom. The lowest BCUT2D eigenvalue weighted by molar-refractivity contribution is -0.138. The van der Waals surface area contributed by atoms with Gasteiger partial charge in [-0.25, -0.2) is 4.79 Å². The number of benzene rings is 1. The van der Waals surface area contributed by atoms with E-state index in [0.717, 1.165) is 0 Å². The Balaban J connectivity index is 2.25. The third-order valence-electron chi connectivity index (χ3n) is 3.41. The molecule has 2 N–H and O–H groups in total. The van der Waals surface area contributed by atoms with Gasteiger partial charge in [0.05, 0.1) is 30.7 Å². The molecule has 2 aromatic rings. The first kappa shape index (κ1) is 19.5. The molecule has 1 aromatic heterocycles. The summed E-state index contributed by atoms with van der Waals surface area (Å²) >= 11 is 0. The number of nitrogens with one attached hydrogen (secondary N) is 2. The van der Waals surface area contributed by atoms with E-state index < -0.39 is 5.97 Å². The van der Waals surface area contributed by atoms with Crippen molar-refractivity contribution in [2.45, 2.75) is 6.92 Å². The molecule has 1 heterocycles. The van der Waals surface area contributed by atoms with Crippen LogP contribution in [0.4, 0.5) is 5.69 Å². The first-order valence-corrected chi connectivity index (χ1v) is 8.24. The van der Waals surface area contributed by atoms with Crippen LogP contribution < -0.4 is 15.4 Å². The van der Waals surface area contributed by atoms with E-state index in [1.54, 1.807) is 44.5 Å². The lowest BCUT2D eigenvalue weighted by Crippen LogP contribution is -2.20. The van der Waals surface area contributed by atoms with Gasteiger partial charge in [-0.1, -0.05) is 18.2 Å². The number of carbonyl (C=O) groups is 1. The molecule has 0 aliphatic carbocycles. The Hall–Kier alpha value is -3.79. The molecular weight excluding hydrogens is 344 g/mol. The molecule has 0 amide bonds. The molecule has 0 radical (unpaired) electrons. The number of nitriles is 1. The highest BCUT2D eigenvalue weighted by molar-refractivity contribution is 5.89. The second-order valence-electron chi connectivity index (χ2n) is 5.15. The molecule has 7 nitrogen and oxygen atoms in total. The summed E-state index contributed by atoms with van der Waals surface area (Å²) in [6.45, 7) is 1.94. The molecule has 138 valence electrons. The Morgan fingerprint density at radius 2 is 2.00 bits per heavy atom. The molecule has 0 atom stereocenters. The lowest BCUT2D eigenvalue weighted by atomic mass is 10.2. The topological polar surface area (TPSA) is 96.3 Å². The number of methoxy groups -OCH3 is 1. The SMILES string of the molecule is CCOC(=O)/C(=C\Nc1ccccc1OC)N/C=C(/C#N)c1ccccn1. The van der Waals surface area contributed by atoms with Gasteiger partial charge >= 0.3 is 5.97 Å². The number of hydrogen-bond donors (Lipinski definition) is 2. The minimum absolute atomic E-state index is 0.131. The fourth-order valence-corrected chi connectivity index (χ4v) is 2.12. The second-order valence-corrected chi connectivity index (χ2v) is 5.15. The number of anilines is 1. The summed E-state index contributed by atoms with van der Waals surface area (Å²) in [5.41, 5.74) is 1.58. The predicted molar refractivity (Wildman–Crippen MR) is 102 cm³/mol. The number of ether oxygens (including phenoxy) is 2. The van der Waals surface area contributed by atoms with Crippen LogP contribution in [0.3, 0.4) is 0 Å². The molecule has 0 spiro atoms.